The molecule has 0 fully saturated rings. The van der Waals surface area contributed by atoms with Gasteiger partial charge in [-0.2, -0.15) is 0 Å². The molecule has 0 amide bonds. The smallest absolute Gasteiger partial charge is 0.175 e. The van der Waals surface area contributed by atoms with Crippen LogP contribution in [0.3, 0.4) is 0 Å². The topological polar surface area (TPSA) is 38.3 Å². The van der Waals surface area contributed by atoms with Crippen LogP contribution in [0.2, 0.25) is 0 Å². The first-order chi connectivity index (χ1) is 6.20. The lowest BCUT2D eigenvalue weighted by molar-refractivity contribution is -0.115. The van der Waals surface area contributed by atoms with E-state index in [-0.39, 0.29) is 5.78 Å². The van der Waals surface area contributed by atoms with Gasteiger partial charge >= 0.3 is 0 Å². The number of ketones is 1. The highest BCUT2D eigenvalue weighted by molar-refractivity contribution is 5.96. The van der Waals surface area contributed by atoms with Gasteiger partial charge in [0.05, 0.1) is 19.4 Å². The first-order valence-electron chi connectivity index (χ1n) is 4.77. The van der Waals surface area contributed by atoms with Crippen molar-refractivity contribution in [3.05, 3.63) is 11.8 Å². The SMILES string of the molecule is CC(C)NCC(=O)C1=COCCC1. The molecule has 0 aliphatic carbocycles. The summed E-state index contributed by atoms with van der Waals surface area (Å²) < 4.78 is 5.10. The summed E-state index contributed by atoms with van der Waals surface area (Å²) in [6, 6.07) is 0.356. The van der Waals surface area contributed by atoms with Gasteiger partial charge in [0.2, 0.25) is 0 Å². The number of Topliss-reactive ketones (excluding diaryl/α,β-unsaturated/α-hetero) is 1. The van der Waals surface area contributed by atoms with Crippen LogP contribution in [0.25, 0.3) is 0 Å². The maximum Gasteiger partial charge on any atom is 0.175 e. The second kappa shape index (κ2) is 5.02. The molecule has 0 saturated carbocycles. The molecular weight excluding hydrogens is 166 g/mol. The van der Waals surface area contributed by atoms with Crippen LogP contribution < -0.4 is 5.32 Å². The molecule has 0 spiro atoms. The van der Waals surface area contributed by atoms with Crippen LogP contribution in [-0.2, 0) is 9.53 Å². The monoisotopic (exact) mass is 183 g/mol. The van der Waals surface area contributed by atoms with Gasteiger partial charge in [0.15, 0.2) is 5.78 Å². The molecule has 0 unspecified atom stereocenters. The average Bonchev–Trinajstić information content (AvgIpc) is 2.15. The lowest BCUT2D eigenvalue weighted by Gasteiger charge is -2.13. The first kappa shape index (κ1) is 10.3. The molecule has 0 aromatic rings. The van der Waals surface area contributed by atoms with E-state index >= 15 is 0 Å². The second-order valence-corrected chi connectivity index (χ2v) is 3.58. The number of nitrogens with one attached hydrogen (secondary N) is 1. The zero-order valence-corrected chi connectivity index (χ0v) is 8.30. The molecule has 0 aromatic carbocycles. The molecule has 74 valence electrons. The standard InChI is InChI=1S/C10H17NO2/c1-8(2)11-6-10(12)9-4-3-5-13-7-9/h7-8,11H,3-6H2,1-2H3. The van der Waals surface area contributed by atoms with Crippen molar-refractivity contribution in [2.24, 2.45) is 0 Å². The summed E-state index contributed by atoms with van der Waals surface area (Å²) in [6.45, 7) is 5.22. The minimum atomic E-state index is 0.161. The van der Waals surface area contributed by atoms with Gasteiger partial charge < -0.3 is 10.1 Å². The highest BCUT2D eigenvalue weighted by atomic mass is 16.5. The number of ether oxygens (including phenoxy) is 1. The van der Waals surface area contributed by atoms with Crippen molar-refractivity contribution in [2.75, 3.05) is 13.2 Å². The third kappa shape index (κ3) is 3.59. The quantitative estimate of drug-likeness (QED) is 0.712. The fourth-order valence-corrected chi connectivity index (χ4v) is 1.18. The second-order valence-electron chi connectivity index (χ2n) is 3.58. The van der Waals surface area contributed by atoms with Crippen molar-refractivity contribution in [3.63, 3.8) is 0 Å². The van der Waals surface area contributed by atoms with E-state index in [1.165, 1.54) is 0 Å². The van der Waals surface area contributed by atoms with Crippen LogP contribution in [0.1, 0.15) is 26.7 Å². The van der Waals surface area contributed by atoms with Crippen LogP contribution in [0.5, 0.6) is 0 Å². The van der Waals surface area contributed by atoms with Crippen LogP contribution in [0.15, 0.2) is 11.8 Å². The summed E-state index contributed by atoms with van der Waals surface area (Å²) in [7, 11) is 0. The molecule has 1 N–H and O–H groups in total. The highest BCUT2D eigenvalue weighted by Gasteiger charge is 2.12. The maximum atomic E-state index is 11.5. The van der Waals surface area contributed by atoms with E-state index in [0.29, 0.717) is 12.6 Å². The Hall–Kier alpha value is -0.830. The first-order valence-corrected chi connectivity index (χ1v) is 4.77. The Morgan fingerprint density at radius 1 is 1.69 bits per heavy atom. The lowest BCUT2D eigenvalue weighted by Crippen LogP contribution is -2.30. The molecule has 0 radical (unpaired) electrons. The fourth-order valence-electron chi connectivity index (χ4n) is 1.18. The molecule has 3 nitrogen and oxygen atoms in total. The van der Waals surface area contributed by atoms with Crippen molar-refractivity contribution in [3.8, 4) is 0 Å². The Balaban J connectivity index is 2.34. The number of hydrogen-bond acceptors (Lipinski definition) is 3. The summed E-state index contributed by atoms with van der Waals surface area (Å²) in [4.78, 5) is 11.5. The Morgan fingerprint density at radius 3 is 3.00 bits per heavy atom. The van der Waals surface area contributed by atoms with Crippen LogP contribution in [0.4, 0.5) is 0 Å². The predicted octanol–water partition coefficient (Wildman–Crippen LogP) is 1.25. The molecule has 1 rings (SSSR count). The molecular formula is C10H17NO2. The minimum absolute atomic E-state index is 0.161. The third-order valence-electron chi connectivity index (χ3n) is 1.96. The molecule has 0 atom stereocenters. The van der Waals surface area contributed by atoms with Gasteiger partial charge in [-0.25, -0.2) is 0 Å². The summed E-state index contributed by atoms with van der Waals surface area (Å²) >= 11 is 0. The maximum absolute atomic E-state index is 11.5. The predicted molar refractivity (Wildman–Crippen MR) is 51.4 cm³/mol. The third-order valence-corrected chi connectivity index (χ3v) is 1.96. The van der Waals surface area contributed by atoms with Crippen LogP contribution in [-0.4, -0.2) is 25.0 Å². The van der Waals surface area contributed by atoms with Crippen molar-refractivity contribution >= 4 is 5.78 Å². The summed E-state index contributed by atoms with van der Waals surface area (Å²) in [5.74, 6) is 0.161. The molecule has 1 aliphatic heterocycles. The van der Waals surface area contributed by atoms with Crippen LogP contribution in [0, 0.1) is 0 Å². The number of carbonyl (C=O) groups is 1. The van der Waals surface area contributed by atoms with E-state index < -0.39 is 0 Å². The Kier molecular flexibility index (Phi) is 3.96. The van der Waals surface area contributed by atoms with Crippen LogP contribution >= 0.6 is 0 Å². The highest BCUT2D eigenvalue weighted by Crippen LogP contribution is 2.11. The van der Waals surface area contributed by atoms with Gasteiger partial charge in [-0.3, -0.25) is 4.79 Å². The summed E-state index contributed by atoms with van der Waals surface area (Å²) in [6.07, 6.45) is 3.42. The number of rotatable bonds is 4. The zero-order chi connectivity index (χ0) is 9.68. The number of hydrogen-bond donors (Lipinski definition) is 1. The Labute approximate surface area is 79.2 Å². The lowest BCUT2D eigenvalue weighted by atomic mass is 10.1. The van der Waals surface area contributed by atoms with E-state index in [1.54, 1.807) is 6.26 Å². The zero-order valence-electron chi connectivity index (χ0n) is 8.30. The fraction of sp³-hybridized carbons (Fsp3) is 0.700. The van der Waals surface area contributed by atoms with E-state index in [9.17, 15) is 4.79 Å². The molecule has 3 heteroatoms. The molecule has 0 saturated heterocycles. The Morgan fingerprint density at radius 2 is 2.46 bits per heavy atom. The van der Waals surface area contributed by atoms with Gasteiger partial charge in [0, 0.05) is 11.6 Å². The molecule has 1 heterocycles. The molecule has 1 aliphatic rings. The van der Waals surface area contributed by atoms with E-state index in [0.717, 1.165) is 25.0 Å². The van der Waals surface area contributed by atoms with Gasteiger partial charge in [0.25, 0.3) is 0 Å². The van der Waals surface area contributed by atoms with E-state index in [2.05, 4.69) is 5.32 Å². The van der Waals surface area contributed by atoms with Crippen molar-refractivity contribution in [1.29, 1.82) is 0 Å². The molecule has 0 aromatic heterocycles. The number of carbonyl (C=O) groups excluding carboxylic acids is 1. The largest absolute Gasteiger partial charge is 0.501 e. The summed E-state index contributed by atoms with van der Waals surface area (Å²) in [5, 5.41) is 3.10. The van der Waals surface area contributed by atoms with Crippen molar-refractivity contribution < 1.29 is 9.53 Å². The average molecular weight is 183 g/mol. The van der Waals surface area contributed by atoms with Crippen molar-refractivity contribution in [1.82, 2.24) is 5.32 Å². The minimum Gasteiger partial charge on any atom is -0.501 e. The van der Waals surface area contributed by atoms with E-state index in [4.69, 9.17) is 4.74 Å². The normalized spacial score (nSPS) is 16.7. The van der Waals surface area contributed by atoms with Gasteiger partial charge in [0.1, 0.15) is 0 Å². The summed E-state index contributed by atoms with van der Waals surface area (Å²) in [5.41, 5.74) is 0.819. The van der Waals surface area contributed by atoms with Gasteiger partial charge in [-0.05, 0) is 12.8 Å². The van der Waals surface area contributed by atoms with E-state index in [1.807, 2.05) is 13.8 Å². The van der Waals surface area contributed by atoms with Gasteiger partial charge in [-0.1, -0.05) is 13.8 Å². The van der Waals surface area contributed by atoms with Crippen molar-refractivity contribution in [2.45, 2.75) is 32.7 Å². The molecule has 13 heavy (non-hydrogen) atoms. The Bertz CT molecular complexity index is 209. The molecule has 0 bridgehead atoms. The van der Waals surface area contributed by atoms with Gasteiger partial charge in [-0.15, -0.1) is 0 Å².